The number of rotatable bonds is 5. The maximum absolute atomic E-state index is 13.0. The molecular formula is C20H21N3O5. The van der Waals surface area contributed by atoms with Gasteiger partial charge in [-0.1, -0.05) is 12.1 Å². The van der Waals surface area contributed by atoms with Gasteiger partial charge in [-0.05, 0) is 38.1 Å². The molecule has 0 radical (unpaired) electrons. The number of piperazine rings is 1. The van der Waals surface area contributed by atoms with E-state index in [0.29, 0.717) is 36.7 Å². The van der Waals surface area contributed by atoms with Crippen molar-refractivity contribution in [2.45, 2.75) is 19.9 Å². The lowest BCUT2D eigenvalue weighted by Gasteiger charge is -2.39. The summed E-state index contributed by atoms with van der Waals surface area (Å²) < 4.78 is 5.62. The Labute approximate surface area is 162 Å². The number of nitrogens with zero attached hydrogens (tertiary/aromatic N) is 3. The number of nitro benzene ring substituents is 1. The van der Waals surface area contributed by atoms with Crippen LogP contribution in [-0.4, -0.2) is 47.4 Å². The zero-order chi connectivity index (χ0) is 20.3. The van der Waals surface area contributed by atoms with Gasteiger partial charge < -0.3 is 14.5 Å². The summed E-state index contributed by atoms with van der Waals surface area (Å²) in [5, 5.41) is 10.8. The zero-order valence-corrected chi connectivity index (χ0v) is 15.7. The van der Waals surface area contributed by atoms with E-state index >= 15 is 0 Å². The van der Waals surface area contributed by atoms with Crippen LogP contribution in [0.3, 0.4) is 0 Å². The third-order valence-electron chi connectivity index (χ3n) is 4.70. The number of para-hydroxylation sites is 2. The molecule has 3 rings (SSSR count). The molecule has 0 unspecified atom stereocenters. The van der Waals surface area contributed by atoms with Gasteiger partial charge in [0.05, 0.1) is 17.2 Å². The Morgan fingerprint density at radius 2 is 1.86 bits per heavy atom. The second-order valence-corrected chi connectivity index (χ2v) is 6.37. The first-order chi connectivity index (χ1) is 13.4. The van der Waals surface area contributed by atoms with E-state index < -0.39 is 11.0 Å². The number of carbonyl (C=O) groups is 2. The van der Waals surface area contributed by atoms with Gasteiger partial charge in [-0.2, -0.15) is 0 Å². The Kier molecular flexibility index (Phi) is 5.58. The highest BCUT2D eigenvalue weighted by Gasteiger charge is 2.36. The first-order valence-electron chi connectivity index (χ1n) is 9.02. The van der Waals surface area contributed by atoms with E-state index in [1.807, 2.05) is 31.2 Å². The summed E-state index contributed by atoms with van der Waals surface area (Å²) in [7, 11) is 0. The summed E-state index contributed by atoms with van der Waals surface area (Å²) in [5.74, 6) is 0.0999. The van der Waals surface area contributed by atoms with E-state index in [1.165, 1.54) is 29.2 Å². The van der Waals surface area contributed by atoms with E-state index in [4.69, 9.17) is 4.74 Å². The van der Waals surface area contributed by atoms with Crippen LogP contribution >= 0.6 is 0 Å². The van der Waals surface area contributed by atoms with Crippen LogP contribution in [0, 0.1) is 10.1 Å². The molecule has 0 aromatic heterocycles. The summed E-state index contributed by atoms with van der Waals surface area (Å²) in [6.07, 6.45) is 0. The van der Waals surface area contributed by atoms with E-state index in [0.717, 1.165) is 0 Å². The lowest BCUT2D eigenvalue weighted by Crippen LogP contribution is -2.57. The van der Waals surface area contributed by atoms with Crippen LogP contribution < -0.4 is 9.64 Å². The molecular weight excluding hydrogens is 362 g/mol. The number of benzene rings is 2. The monoisotopic (exact) mass is 383 g/mol. The Morgan fingerprint density at radius 3 is 2.50 bits per heavy atom. The standard InChI is InChI=1S/C20H21N3O5/c1-3-28-18-7-5-4-6-17(18)22-13-12-21(14(2)19(22)24)20(25)15-8-10-16(11-9-15)23(26)27/h4-11,14H,3,12-13H2,1-2H3/t14-/m0/s1. The third-order valence-corrected chi connectivity index (χ3v) is 4.70. The fourth-order valence-electron chi connectivity index (χ4n) is 3.24. The molecule has 0 saturated carbocycles. The van der Waals surface area contributed by atoms with Gasteiger partial charge in [-0.15, -0.1) is 0 Å². The number of anilines is 1. The number of carbonyl (C=O) groups excluding carboxylic acids is 2. The van der Waals surface area contributed by atoms with Crippen molar-refractivity contribution < 1.29 is 19.2 Å². The molecule has 0 aliphatic carbocycles. The second kappa shape index (κ2) is 8.08. The number of non-ortho nitro benzene ring substituents is 1. The van der Waals surface area contributed by atoms with Gasteiger partial charge in [0.2, 0.25) is 5.91 Å². The topological polar surface area (TPSA) is 93.0 Å². The van der Waals surface area contributed by atoms with E-state index in [2.05, 4.69) is 0 Å². The maximum Gasteiger partial charge on any atom is 0.269 e. The average molecular weight is 383 g/mol. The van der Waals surface area contributed by atoms with E-state index in [9.17, 15) is 19.7 Å². The molecule has 0 N–H and O–H groups in total. The maximum atomic E-state index is 13.0. The average Bonchev–Trinajstić information content (AvgIpc) is 2.70. The number of nitro groups is 1. The van der Waals surface area contributed by atoms with Gasteiger partial charge in [-0.25, -0.2) is 0 Å². The molecule has 1 aliphatic heterocycles. The van der Waals surface area contributed by atoms with Crippen LogP contribution in [0.15, 0.2) is 48.5 Å². The van der Waals surface area contributed by atoms with Crippen molar-refractivity contribution in [1.29, 1.82) is 0 Å². The van der Waals surface area contributed by atoms with Gasteiger partial charge in [-0.3, -0.25) is 19.7 Å². The molecule has 146 valence electrons. The Morgan fingerprint density at radius 1 is 1.18 bits per heavy atom. The van der Waals surface area contributed by atoms with Gasteiger partial charge in [0.1, 0.15) is 11.8 Å². The van der Waals surface area contributed by atoms with Crippen LogP contribution in [0.2, 0.25) is 0 Å². The van der Waals surface area contributed by atoms with Crippen molar-refractivity contribution in [3.8, 4) is 5.75 Å². The molecule has 2 aromatic carbocycles. The van der Waals surface area contributed by atoms with E-state index in [1.54, 1.807) is 11.8 Å². The minimum Gasteiger partial charge on any atom is -0.492 e. The summed E-state index contributed by atoms with van der Waals surface area (Å²) in [4.78, 5) is 39.1. The molecule has 2 amide bonds. The van der Waals surface area contributed by atoms with Crippen molar-refractivity contribution in [2.75, 3.05) is 24.6 Å². The lowest BCUT2D eigenvalue weighted by molar-refractivity contribution is -0.384. The smallest absolute Gasteiger partial charge is 0.269 e. The zero-order valence-electron chi connectivity index (χ0n) is 15.7. The van der Waals surface area contributed by atoms with Crippen LogP contribution in [0.4, 0.5) is 11.4 Å². The lowest BCUT2D eigenvalue weighted by atomic mass is 10.1. The predicted octanol–water partition coefficient (Wildman–Crippen LogP) is 2.87. The van der Waals surface area contributed by atoms with Crippen LogP contribution in [-0.2, 0) is 4.79 Å². The van der Waals surface area contributed by atoms with Crippen LogP contribution in [0.5, 0.6) is 5.75 Å². The minimum absolute atomic E-state index is 0.0852. The third kappa shape index (κ3) is 3.66. The second-order valence-electron chi connectivity index (χ2n) is 6.37. The fourth-order valence-corrected chi connectivity index (χ4v) is 3.24. The molecule has 1 saturated heterocycles. The van der Waals surface area contributed by atoms with Crippen molar-refractivity contribution in [1.82, 2.24) is 4.90 Å². The van der Waals surface area contributed by atoms with Crippen LogP contribution in [0.25, 0.3) is 0 Å². The van der Waals surface area contributed by atoms with Crippen molar-refractivity contribution >= 4 is 23.2 Å². The summed E-state index contributed by atoms with van der Waals surface area (Å²) in [6.45, 7) is 4.73. The molecule has 8 nitrogen and oxygen atoms in total. The molecule has 8 heteroatoms. The van der Waals surface area contributed by atoms with Gasteiger partial charge in [0.25, 0.3) is 11.6 Å². The number of hydrogen-bond donors (Lipinski definition) is 0. The summed E-state index contributed by atoms with van der Waals surface area (Å²) >= 11 is 0. The first kappa shape index (κ1) is 19.3. The highest BCUT2D eigenvalue weighted by Crippen LogP contribution is 2.31. The molecule has 1 fully saturated rings. The highest BCUT2D eigenvalue weighted by molar-refractivity contribution is 6.04. The van der Waals surface area contributed by atoms with Gasteiger partial charge >= 0.3 is 0 Å². The highest BCUT2D eigenvalue weighted by atomic mass is 16.6. The van der Waals surface area contributed by atoms with Crippen molar-refractivity contribution in [3.63, 3.8) is 0 Å². The molecule has 0 spiro atoms. The Balaban J connectivity index is 1.79. The molecule has 1 heterocycles. The molecule has 1 atom stereocenters. The molecule has 2 aromatic rings. The predicted molar refractivity (Wildman–Crippen MR) is 104 cm³/mol. The largest absolute Gasteiger partial charge is 0.492 e. The minimum atomic E-state index is -0.661. The summed E-state index contributed by atoms with van der Waals surface area (Å²) in [6, 6.07) is 12.0. The summed E-state index contributed by atoms with van der Waals surface area (Å²) in [5.41, 5.74) is 0.912. The van der Waals surface area contributed by atoms with Crippen molar-refractivity contribution in [2.24, 2.45) is 0 Å². The SMILES string of the molecule is CCOc1ccccc1N1CCN(C(=O)c2ccc([N+](=O)[O-])cc2)[C@@H](C)C1=O. The Bertz CT molecular complexity index is 897. The number of amides is 2. The first-order valence-corrected chi connectivity index (χ1v) is 9.02. The fraction of sp³-hybridized carbons (Fsp3) is 0.300. The number of ether oxygens (including phenoxy) is 1. The van der Waals surface area contributed by atoms with E-state index in [-0.39, 0.29) is 17.5 Å². The molecule has 0 bridgehead atoms. The van der Waals surface area contributed by atoms with Crippen molar-refractivity contribution in [3.05, 3.63) is 64.2 Å². The molecule has 1 aliphatic rings. The normalized spacial score (nSPS) is 16.8. The van der Waals surface area contributed by atoms with Crippen LogP contribution in [0.1, 0.15) is 24.2 Å². The van der Waals surface area contributed by atoms with Gasteiger partial charge in [0, 0.05) is 30.8 Å². The molecule has 28 heavy (non-hydrogen) atoms. The van der Waals surface area contributed by atoms with Gasteiger partial charge in [0.15, 0.2) is 0 Å². The number of hydrogen-bond acceptors (Lipinski definition) is 5. The Hall–Kier alpha value is -3.42. The quantitative estimate of drug-likeness (QED) is 0.585.